The first kappa shape index (κ1) is 21.7. The summed E-state index contributed by atoms with van der Waals surface area (Å²) < 4.78 is 28.8. The maximum atomic E-state index is 12.6. The highest BCUT2D eigenvalue weighted by molar-refractivity contribution is 6.00. The minimum Gasteiger partial charge on any atom is -0.435 e. The quantitative estimate of drug-likeness (QED) is 0.602. The summed E-state index contributed by atoms with van der Waals surface area (Å²) in [6.45, 7) is -0.586. The number of benzene rings is 2. The molecule has 0 aromatic heterocycles. The van der Waals surface area contributed by atoms with E-state index in [2.05, 4.69) is 26.8 Å². The van der Waals surface area contributed by atoms with E-state index >= 15 is 0 Å². The molecule has 28 heavy (non-hydrogen) atoms. The number of carbonyl (C=O) groups is 1. The van der Waals surface area contributed by atoms with E-state index in [0.29, 0.717) is 23.5 Å². The molecule has 150 valence electrons. The molecule has 1 aliphatic heterocycles. The minimum absolute atomic E-state index is 0. The molecule has 0 radical (unpaired) electrons. The number of carbonyl (C=O) groups excluding carboxylic acids is 1. The van der Waals surface area contributed by atoms with Gasteiger partial charge >= 0.3 is 6.61 Å². The molecule has 3 rings (SSSR count). The summed E-state index contributed by atoms with van der Waals surface area (Å²) in [7, 11) is 0. The van der Waals surface area contributed by atoms with Crippen LogP contribution in [0.1, 0.15) is 16.8 Å². The van der Waals surface area contributed by atoms with E-state index in [4.69, 9.17) is 0 Å². The third kappa shape index (κ3) is 6.21. The first-order chi connectivity index (χ1) is 13.1. The highest BCUT2D eigenvalue weighted by atomic mass is 35.5. The van der Waals surface area contributed by atoms with Gasteiger partial charge in [0, 0.05) is 18.8 Å². The molecule has 1 heterocycles. The van der Waals surface area contributed by atoms with Gasteiger partial charge in [-0.2, -0.15) is 8.78 Å². The molecular formula is C20H22ClF2N3O2. The Labute approximate surface area is 168 Å². The molecule has 0 spiro atoms. The van der Waals surface area contributed by atoms with Gasteiger partial charge in [0.25, 0.3) is 5.91 Å². The van der Waals surface area contributed by atoms with Crippen molar-refractivity contribution in [3.05, 3.63) is 65.7 Å². The molecule has 1 amide bonds. The zero-order chi connectivity index (χ0) is 19.1. The zero-order valence-electron chi connectivity index (χ0n) is 15.1. The molecular weight excluding hydrogens is 388 g/mol. The molecule has 2 aromatic carbocycles. The smallest absolute Gasteiger partial charge is 0.387 e. The van der Waals surface area contributed by atoms with E-state index in [-0.39, 0.29) is 24.1 Å². The first-order valence-corrected chi connectivity index (χ1v) is 8.69. The van der Waals surface area contributed by atoms with Crippen LogP contribution in [0.15, 0.2) is 60.2 Å². The van der Waals surface area contributed by atoms with Crippen LogP contribution in [0.3, 0.4) is 0 Å². The Morgan fingerprint density at radius 2 is 1.89 bits per heavy atom. The normalized spacial score (nSPS) is 13.3. The summed E-state index contributed by atoms with van der Waals surface area (Å²) in [5, 5.41) is 9.33. The number of anilines is 2. The van der Waals surface area contributed by atoms with Crippen LogP contribution in [0.4, 0.5) is 20.2 Å². The molecule has 0 aliphatic carbocycles. The molecule has 0 saturated carbocycles. The number of rotatable bonds is 7. The number of para-hydroxylation sites is 1. The Bertz CT molecular complexity index is 813. The number of ether oxygens (including phenoxy) is 1. The Kier molecular flexibility index (Phi) is 8.22. The molecule has 0 atom stereocenters. The molecule has 3 N–H and O–H groups in total. The minimum atomic E-state index is -2.86. The van der Waals surface area contributed by atoms with Gasteiger partial charge in [-0.05, 0) is 49.4 Å². The van der Waals surface area contributed by atoms with Crippen LogP contribution in [-0.4, -0.2) is 32.2 Å². The third-order valence-electron chi connectivity index (χ3n) is 4.16. The van der Waals surface area contributed by atoms with Crippen LogP contribution in [0, 0.1) is 0 Å². The van der Waals surface area contributed by atoms with Gasteiger partial charge in [-0.25, -0.2) is 0 Å². The van der Waals surface area contributed by atoms with Crippen molar-refractivity contribution in [3.63, 3.8) is 0 Å². The van der Waals surface area contributed by atoms with Crippen LogP contribution >= 0.6 is 12.4 Å². The van der Waals surface area contributed by atoms with Crippen molar-refractivity contribution in [2.24, 2.45) is 0 Å². The number of hydrogen-bond donors (Lipinski definition) is 3. The van der Waals surface area contributed by atoms with Gasteiger partial charge in [-0.1, -0.05) is 23.8 Å². The molecule has 1 aliphatic rings. The topological polar surface area (TPSA) is 62.4 Å². The summed E-state index contributed by atoms with van der Waals surface area (Å²) in [6.07, 6.45) is 3.02. The lowest BCUT2D eigenvalue weighted by atomic mass is 10.1. The lowest BCUT2D eigenvalue weighted by Gasteiger charge is -2.16. The van der Waals surface area contributed by atoms with Gasteiger partial charge in [0.05, 0.1) is 11.3 Å². The van der Waals surface area contributed by atoms with Crippen molar-refractivity contribution in [2.45, 2.75) is 13.0 Å². The Hall–Kier alpha value is -2.64. The summed E-state index contributed by atoms with van der Waals surface area (Å²) in [5.41, 5.74) is 3.02. The lowest BCUT2D eigenvalue weighted by Crippen LogP contribution is -2.30. The summed E-state index contributed by atoms with van der Waals surface area (Å²) in [4.78, 5) is 12.6. The maximum Gasteiger partial charge on any atom is 0.387 e. The maximum absolute atomic E-state index is 12.6. The average molecular weight is 410 g/mol. The standard InChI is InChI=1S/C20H21F2N3O2.ClH/c21-20(22)27-16-7-5-15(6-8-16)25-18-4-2-1-3-17(18)19(26)24-13-14-9-11-23-12-10-14;/h1-9,20,23,25H,10-13H2,(H,24,26);1H. The van der Waals surface area contributed by atoms with Crippen LogP contribution in [0.2, 0.25) is 0 Å². The van der Waals surface area contributed by atoms with Crippen LogP contribution in [0.5, 0.6) is 5.75 Å². The van der Waals surface area contributed by atoms with Gasteiger partial charge in [0.1, 0.15) is 5.75 Å². The fraction of sp³-hybridized carbons (Fsp3) is 0.250. The second kappa shape index (κ2) is 10.6. The zero-order valence-corrected chi connectivity index (χ0v) is 15.9. The summed E-state index contributed by atoms with van der Waals surface area (Å²) in [6, 6.07) is 13.3. The fourth-order valence-electron chi connectivity index (χ4n) is 2.78. The van der Waals surface area contributed by atoms with Crippen molar-refractivity contribution in [1.82, 2.24) is 10.6 Å². The van der Waals surface area contributed by atoms with Crippen LogP contribution in [-0.2, 0) is 0 Å². The summed E-state index contributed by atoms with van der Waals surface area (Å²) in [5.74, 6) is -0.0907. The lowest BCUT2D eigenvalue weighted by molar-refractivity contribution is -0.0498. The van der Waals surface area contributed by atoms with Crippen LogP contribution < -0.4 is 20.7 Å². The van der Waals surface area contributed by atoms with E-state index in [9.17, 15) is 13.6 Å². The second-order valence-corrected chi connectivity index (χ2v) is 6.07. The van der Waals surface area contributed by atoms with E-state index < -0.39 is 6.61 Å². The molecule has 5 nitrogen and oxygen atoms in total. The highest BCUT2D eigenvalue weighted by Crippen LogP contribution is 2.23. The van der Waals surface area contributed by atoms with Crippen molar-refractivity contribution >= 4 is 29.7 Å². The number of halogens is 3. The van der Waals surface area contributed by atoms with E-state index in [0.717, 1.165) is 19.5 Å². The molecule has 0 bridgehead atoms. The number of amides is 1. The fourth-order valence-corrected chi connectivity index (χ4v) is 2.78. The predicted molar refractivity (Wildman–Crippen MR) is 108 cm³/mol. The SMILES string of the molecule is Cl.O=C(NCC1=CCNCC1)c1ccccc1Nc1ccc(OC(F)F)cc1. The molecule has 0 unspecified atom stereocenters. The third-order valence-corrected chi connectivity index (χ3v) is 4.16. The van der Waals surface area contributed by atoms with E-state index in [1.807, 2.05) is 6.07 Å². The van der Waals surface area contributed by atoms with Gasteiger partial charge in [-0.15, -0.1) is 12.4 Å². The number of hydrogen-bond acceptors (Lipinski definition) is 4. The average Bonchev–Trinajstić information content (AvgIpc) is 2.68. The highest BCUT2D eigenvalue weighted by Gasteiger charge is 2.12. The molecule has 8 heteroatoms. The van der Waals surface area contributed by atoms with Crippen molar-refractivity contribution in [2.75, 3.05) is 25.0 Å². The first-order valence-electron chi connectivity index (χ1n) is 8.69. The molecule has 2 aromatic rings. The monoisotopic (exact) mass is 409 g/mol. The van der Waals surface area contributed by atoms with Crippen molar-refractivity contribution in [1.29, 1.82) is 0 Å². The van der Waals surface area contributed by atoms with Crippen molar-refractivity contribution in [3.8, 4) is 5.75 Å². The van der Waals surface area contributed by atoms with Crippen LogP contribution in [0.25, 0.3) is 0 Å². The van der Waals surface area contributed by atoms with E-state index in [1.54, 1.807) is 30.3 Å². The Morgan fingerprint density at radius 3 is 2.57 bits per heavy atom. The largest absolute Gasteiger partial charge is 0.435 e. The van der Waals surface area contributed by atoms with Gasteiger partial charge in [-0.3, -0.25) is 4.79 Å². The number of nitrogens with one attached hydrogen (secondary N) is 3. The van der Waals surface area contributed by atoms with Crippen molar-refractivity contribution < 1.29 is 18.3 Å². The van der Waals surface area contributed by atoms with Gasteiger partial charge in [0.15, 0.2) is 0 Å². The Balaban J connectivity index is 0.00000280. The van der Waals surface area contributed by atoms with E-state index in [1.165, 1.54) is 17.7 Å². The molecule has 0 saturated heterocycles. The predicted octanol–water partition coefficient (Wildman–Crippen LogP) is 4.10. The molecule has 0 fully saturated rings. The summed E-state index contributed by atoms with van der Waals surface area (Å²) >= 11 is 0. The van der Waals surface area contributed by atoms with Gasteiger partial charge in [0.2, 0.25) is 0 Å². The Morgan fingerprint density at radius 1 is 1.14 bits per heavy atom. The number of alkyl halides is 2. The van der Waals surface area contributed by atoms with Gasteiger partial charge < -0.3 is 20.7 Å². The second-order valence-electron chi connectivity index (χ2n) is 6.07.